The Bertz CT molecular complexity index is 1540. The summed E-state index contributed by atoms with van der Waals surface area (Å²) in [5.74, 6) is -0.245. The van der Waals surface area contributed by atoms with Gasteiger partial charge in [-0.15, -0.1) is 0 Å². The Hall–Kier alpha value is -3.58. The second-order valence-corrected chi connectivity index (χ2v) is 8.73. The number of hydrogen-bond acceptors (Lipinski definition) is 3. The van der Waals surface area contributed by atoms with Gasteiger partial charge in [0.25, 0.3) is 0 Å². The molecule has 3 aromatic carbocycles. The SMILES string of the molecule is COCCOCCn1c2ccc(F)cc2c2cc(C=Cc3cc[n+](CCO)c4ccccc34)ccc21. The number of methoxy groups -OCH3 is 1. The van der Waals surface area contributed by atoms with E-state index in [1.165, 1.54) is 6.07 Å². The number of fused-ring (bicyclic) bond motifs is 4. The van der Waals surface area contributed by atoms with Gasteiger partial charge in [0.15, 0.2) is 12.7 Å². The summed E-state index contributed by atoms with van der Waals surface area (Å²) in [5.41, 5.74) is 5.26. The molecule has 0 amide bonds. The van der Waals surface area contributed by atoms with Gasteiger partial charge in [0, 0.05) is 47.6 Å². The van der Waals surface area contributed by atoms with Crippen LogP contribution < -0.4 is 4.57 Å². The summed E-state index contributed by atoms with van der Waals surface area (Å²) in [6, 6.07) is 21.5. The van der Waals surface area contributed by atoms with Gasteiger partial charge >= 0.3 is 0 Å². The summed E-state index contributed by atoms with van der Waals surface area (Å²) >= 11 is 0. The highest BCUT2D eigenvalue weighted by Crippen LogP contribution is 2.31. The van der Waals surface area contributed by atoms with Crippen LogP contribution in [0.5, 0.6) is 0 Å². The van der Waals surface area contributed by atoms with Crippen molar-refractivity contribution in [3.05, 3.63) is 89.9 Å². The molecule has 1 N–H and O–H groups in total. The Balaban J connectivity index is 1.50. The minimum Gasteiger partial charge on any atom is -0.390 e. The Morgan fingerprint density at radius 3 is 2.53 bits per heavy atom. The molecule has 0 fully saturated rings. The van der Waals surface area contributed by atoms with Crippen molar-refractivity contribution in [2.75, 3.05) is 33.5 Å². The van der Waals surface area contributed by atoms with Gasteiger partial charge in [0.05, 0.1) is 25.2 Å². The summed E-state index contributed by atoms with van der Waals surface area (Å²) in [6.45, 7) is 2.99. The lowest BCUT2D eigenvalue weighted by Crippen LogP contribution is -2.36. The zero-order chi connectivity index (χ0) is 24.9. The molecule has 0 saturated carbocycles. The number of pyridine rings is 1. The predicted octanol–water partition coefficient (Wildman–Crippen LogP) is 5.20. The number of rotatable bonds is 10. The maximum atomic E-state index is 14.2. The van der Waals surface area contributed by atoms with Gasteiger partial charge in [0.1, 0.15) is 12.4 Å². The van der Waals surface area contributed by atoms with Gasteiger partial charge < -0.3 is 19.1 Å². The molecule has 0 unspecified atom stereocenters. The lowest BCUT2D eigenvalue weighted by Gasteiger charge is -2.08. The normalized spacial score (nSPS) is 12.0. The van der Waals surface area contributed by atoms with Crippen LogP contribution in [0.2, 0.25) is 0 Å². The zero-order valence-corrected chi connectivity index (χ0v) is 20.4. The number of aliphatic hydroxyl groups excluding tert-OH is 1. The van der Waals surface area contributed by atoms with E-state index in [1.807, 2.05) is 24.4 Å². The molecule has 5 aromatic rings. The molecule has 36 heavy (non-hydrogen) atoms. The van der Waals surface area contributed by atoms with Crippen LogP contribution in [0.1, 0.15) is 11.1 Å². The molecular weight excluding hydrogens is 455 g/mol. The third kappa shape index (κ3) is 4.88. The fraction of sp³-hybridized carbons (Fsp3) is 0.233. The summed E-state index contributed by atoms with van der Waals surface area (Å²) in [7, 11) is 1.66. The number of para-hydroxylation sites is 1. The van der Waals surface area contributed by atoms with Crippen LogP contribution in [0.4, 0.5) is 4.39 Å². The van der Waals surface area contributed by atoms with Gasteiger partial charge in [-0.3, -0.25) is 0 Å². The molecule has 5 nitrogen and oxygen atoms in total. The first kappa shape index (κ1) is 24.1. The van der Waals surface area contributed by atoms with Crippen LogP contribution in [-0.4, -0.2) is 43.2 Å². The van der Waals surface area contributed by atoms with E-state index in [0.717, 1.165) is 43.8 Å². The molecule has 184 valence electrons. The fourth-order valence-corrected chi connectivity index (χ4v) is 4.78. The van der Waals surface area contributed by atoms with Gasteiger partial charge in [-0.05, 0) is 47.5 Å². The maximum absolute atomic E-state index is 14.2. The summed E-state index contributed by atoms with van der Waals surface area (Å²) < 4.78 is 29.2. The third-order valence-corrected chi connectivity index (χ3v) is 6.50. The first-order valence-electron chi connectivity index (χ1n) is 12.2. The number of benzene rings is 3. The molecule has 2 aromatic heterocycles. The van der Waals surface area contributed by atoms with E-state index in [-0.39, 0.29) is 12.4 Å². The number of halogens is 1. The number of aromatic nitrogens is 2. The fourth-order valence-electron chi connectivity index (χ4n) is 4.78. The second-order valence-electron chi connectivity index (χ2n) is 8.73. The van der Waals surface area contributed by atoms with Crippen molar-refractivity contribution in [1.82, 2.24) is 4.57 Å². The smallest absolute Gasteiger partial charge is 0.213 e. The Morgan fingerprint density at radius 2 is 1.69 bits per heavy atom. The standard InChI is InChI=1S/C30H30FN2O3/c1-35-18-19-36-17-15-33-29-10-7-22(20-26(29)27-21-24(31)9-11-30(27)33)6-8-23-12-13-32(14-16-34)28-5-3-2-4-25(23)28/h2-13,20-21,34H,14-19H2,1H3/q+1. The van der Waals surface area contributed by atoms with E-state index in [9.17, 15) is 9.50 Å². The van der Waals surface area contributed by atoms with Gasteiger partial charge in [0.2, 0.25) is 5.52 Å². The Labute approximate surface area is 209 Å². The highest BCUT2D eigenvalue weighted by atomic mass is 19.1. The molecule has 0 radical (unpaired) electrons. The van der Waals surface area contributed by atoms with Crippen LogP contribution in [0.3, 0.4) is 0 Å². The van der Waals surface area contributed by atoms with Crippen LogP contribution in [0, 0.1) is 5.82 Å². The van der Waals surface area contributed by atoms with E-state index >= 15 is 0 Å². The van der Waals surface area contributed by atoms with Crippen LogP contribution >= 0.6 is 0 Å². The largest absolute Gasteiger partial charge is 0.390 e. The quantitative estimate of drug-likeness (QED) is 0.219. The van der Waals surface area contributed by atoms with Crippen molar-refractivity contribution in [2.45, 2.75) is 13.1 Å². The molecule has 2 heterocycles. The average molecular weight is 486 g/mol. The summed E-state index contributed by atoms with van der Waals surface area (Å²) in [6.07, 6.45) is 6.21. The van der Waals surface area contributed by atoms with Crippen molar-refractivity contribution < 1.29 is 23.5 Å². The molecule has 6 heteroatoms. The molecule has 0 aliphatic heterocycles. The Kier molecular flexibility index (Phi) is 7.37. The van der Waals surface area contributed by atoms with E-state index in [0.29, 0.717) is 32.9 Å². The monoisotopic (exact) mass is 485 g/mol. The molecule has 0 saturated heterocycles. The number of nitrogens with zero attached hydrogens (tertiary/aromatic N) is 2. The lowest BCUT2D eigenvalue weighted by molar-refractivity contribution is -0.672. The van der Waals surface area contributed by atoms with Crippen LogP contribution in [0.25, 0.3) is 44.9 Å². The van der Waals surface area contributed by atoms with Gasteiger partial charge in [-0.2, -0.15) is 4.57 Å². The number of hydrogen-bond donors (Lipinski definition) is 1. The zero-order valence-electron chi connectivity index (χ0n) is 20.4. The summed E-state index contributed by atoms with van der Waals surface area (Å²) in [5, 5.41) is 12.4. The van der Waals surface area contributed by atoms with E-state index in [4.69, 9.17) is 9.47 Å². The third-order valence-electron chi connectivity index (χ3n) is 6.50. The molecule has 0 aliphatic rings. The molecule has 0 atom stereocenters. The minimum atomic E-state index is -0.245. The van der Waals surface area contributed by atoms with Crippen LogP contribution in [-0.2, 0) is 22.6 Å². The van der Waals surface area contributed by atoms with Crippen molar-refractivity contribution in [3.8, 4) is 0 Å². The predicted molar refractivity (Wildman–Crippen MR) is 142 cm³/mol. The van der Waals surface area contributed by atoms with Crippen LogP contribution in [0.15, 0.2) is 72.9 Å². The average Bonchev–Trinajstić information content (AvgIpc) is 3.20. The molecule has 0 aliphatic carbocycles. The first-order chi connectivity index (χ1) is 17.7. The maximum Gasteiger partial charge on any atom is 0.213 e. The van der Waals surface area contributed by atoms with Crippen molar-refractivity contribution >= 4 is 44.9 Å². The van der Waals surface area contributed by atoms with Gasteiger partial charge in [-0.25, -0.2) is 4.39 Å². The molecule has 0 bridgehead atoms. The lowest BCUT2D eigenvalue weighted by atomic mass is 10.1. The molecule has 5 rings (SSSR count). The van der Waals surface area contributed by atoms with Crippen molar-refractivity contribution in [3.63, 3.8) is 0 Å². The van der Waals surface area contributed by atoms with E-state index < -0.39 is 0 Å². The molecular formula is C30H30FN2O3+. The second kappa shape index (κ2) is 11.0. The molecule has 0 spiro atoms. The summed E-state index contributed by atoms with van der Waals surface area (Å²) in [4.78, 5) is 0. The number of aliphatic hydroxyl groups is 1. The van der Waals surface area contributed by atoms with E-state index in [1.54, 1.807) is 13.2 Å². The van der Waals surface area contributed by atoms with Gasteiger partial charge in [-0.1, -0.05) is 30.4 Å². The Morgan fingerprint density at radius 1 is 0.889 bits per heavy atom. The number of ether oxygens (including phenoxy) is 2. The highest BCUT2D eigenvalue weighted by Gasteiger charge is 2.13. The first-order valence-corrected chi connectivity index (χ1v) is 12.2. The van der Waals surface area contributed by atoms with Crippen molar-refractivity contribution in [1.29, 1.82) is 0 Å². The minimum absolute atomic E-state index is 0.0946. The topological polar surface area (TPSA) is 47.5 Å². The van der Waals surface area contributed by atoms with E-state index in [2.05, 4.69) is 57.7 Å². The highest BCUT2D eigenvalue weighted by molar-refractivity contribution is 6.09. The van der Waals surface area contributed by atoms with Crippen molar-refractivity contribution in [2.24, 2.45) is 0 Å².